The first-order valence-electron chi connectivity index (χ1n) is 7.65. The quantitative estimate of drug-likeness (QED) is 0.909. The molecule has 1 aromatic rings. The van der Waals surface area contributed by atoms with Crippen LogP contribution in [0.4, 0.5) is 0 Å². The maximum Gasteiger partial charge on any atom is 0.0537 e. The van der Waals surface area contributed by atoms with Crippen LogP contribution >= 0.6 is 0 Å². The molecule has 2 N–H and O–H groups in total. The van der Waals surface area contributed by atoms with Crippen molar-refractivity contribution in [1.29, 1.82) is 0 Å². The highest BCUT2D eigenvalue weighted by Gasteiger charge is 2.30. The van der Waals surface area contributed by atoms with Crippen molar-refractivity contribution < 1.29 is 0 Å². The van der Waals surface area contributed by atoms with E-state index in [0.29, 0.717) is 18.0 Å². The van der Waals surface area contributed by atoms with Crippen LogP contribution in [0.15, 0.2) is 12.4 Å². The van der Waals surface area contributed by atoms with E-state index in [9.17, 15) is 0 Å². The van der Waals surface area contributed by atoms with Gasteiger partial charge in [0.25, 0.3) is 0 Å². The van der Waals surface area contributed by atoms with Crippen molar-refractivity contribution >= 4 is 0 Å². The summed E-state index contributed by atoms with van der Waals surface area (Å²) in [5.74, 6) is 0.562. The van der Waals surface area contributed by atoms with Crippen LogP contribution in [0.1, 0.15) is 57.7 Å². The van der Waals surface area contributed by atoms with Gasteiger partial charge in [-0.2, -0.15) is 5.10 Å². The van der Waals surface area contributed by atoms with Crippen LogP contribution in [0.3, 0.4) is 0 Å². The van der Waals surface area contributed by atoms with Crippen molar-refractivity contribution in [3.8, 4) is 0 Å². The second-order valence-electron chi connectivity index (χ2n) is 5.91. The first kappa shape index (κ1) is 14.5. The van der Waals surface area contributed by atoms with Gasteiger partial charge in [0.15, 0.2) is 0 Å². The number of nitrogens with zero attached hydrogens (tertiary/aromatic N) is 3. The van der Waals surface area contributed by atoms with Crippen molar-refractivity contribution in [1.82, 2.24) is 14.7 Å². The fourth-order valence-corrected chi connectivity index (χ4v) is 3.19. The van der Waals surface area contributed by atoms with Gasteiger partial charge >= 0.3 is 0 Å². The Morgan fingerprint density at radius 2 is 2.21 bits per heavy atom. The number of hydrogen-bond acceptors (Lipinski definition) is 3. The van der Waals surface area contributed by atoms with E-state index in [-0.39, 0.29) is 0 Å². The van der Waals surface area contributed by atoms with Gasteiger partial charge in [-0.1, -0.05) is 13.3 Å². The predicted molar refractivity (Wildman–Crippen MR) is 79.0 cm³/mol. The molecule has 0 saturated carbocycles. The summed E-state index contributed by atoms with van der Waals surface area (Å²) in [5.41, 5.74) is 7.37. The van der Waals surface area contributed by atoms with E-state index in [1.54, 1.807) is 0 Å². The molecule has 1 saturated heterocycles. The average molecular weight is 264 g/mol. The Morgan fingerprint density at radius 3 is 2.79 bits per heavy atom. The van der Waals surface area contributed by atoms with Crippen LogP contribution < -0.4 is 5.73 Å². The molecule has 4 heteroatoms. The van der Waals surface area contributed by atoms with Gasteiger partial charge in [-0.15, -0.1) is 0 Å². The van der Waals surface area contributed by atoms with Gasteiger partial charge < -0.3 is 5.73 Å². The summed E-state index contributed by atoms with van der Waals surface area (Å²) in [5, 5.41) is 4.51. The third-order valence-corrected chi connectivity index (χ3v) is 4.31. The van der Waals surface area contributed by atoms with E-state index in [1.165, 1.54) is 31.4 Å². The number of aromatic nitrogens is 2. The van der Waals surface area contributed by atoms with E-state index in [4.69, 9.17) is 5.73 Å². The maximum atomic E-state index is 6.03. The van der Waals surface area contributed by atoms with Crippen LogP contribution in [-0.2, 0) is 0 Å². The topological polar surface area (TPSA) is 47.1 Å². The monoisotopic (exact) mass is 264 g/mol. The molecule has 1 fully saturated rings. The molecule has 0 aromatic carbocycles. The summed E-state index contributed by atoms with van der Waals surface area (Å²) in [6, 6.07) is 0.871. The molecule has 2 rings (SSSR count). The zero-order chi connectivity index (χ0) is 13.8. The summed E-state index contributed by atoms with van der Waals surface area (Å²) in [6.45, 7) is 9.63. The van der Waals surface area contributed by atoms with E-state index >= 15 is 0 Å². The highest BCUT2D eigenvalue weighted by molar-refractivity contribution is 5.13. The summed E-state index contributed by atoms with van der Waals surface area (Å²) >= 11 is 0. The van der Waals surface area contributed by atoms with Crippen molar-refractivity contribution in [2.45, 2.75) is 52.1 Å². The summed E-state index contributed by atoms with van der Waals surface area (Å²) in [6.07, 6.45) is 8.09. The Hall–Kier alpha value is -0.870. The van der Waals surface area contributed by atoms with Gasteiger partial charge in [-0.25, -0.2) is 0 Å². The smallest absolute Gasteiger partial charge is 0.0537 e. The first-order chi connectivity index (χ1) is 9.17. The van der Waals surface area contributed by atoms with Gasteiger partial charge in [0.05, 0.1) is 6.20 Å². The van der Waals surface area contributed by atoms with Crippen LogP contribution in [0.2, 0.25) is 0 Å². The number of rotatable bonds is 4. The highest BCUT2D eigenvalue weighted by atomic mass is 15.3. The van der Waals surface area contributed by atoms with Gasteiger partial charge in [-0.3, -0.25) is 9.58 Å². The first-order valence-corrected chi connectivity index (χ1v) is 7.65. The molecule has 0 aliphatic carbocycles. The highest BCUT2D eigenvalue weighted by Crippen LogP contribution is 2.34. The Morgan fingerprint density at radius 1 is 1.42 bits per heavy atom. The summed E-state index contributed by atoms with van der Waals surface area (Å²) < 4.78 is 2.06. The van der Waals surface area contributed by atoms with Crippen LogP contribution in [0.25, 0.3) is 0 Å². The molecule has 0 spiro atoms. The lowest BCUT2D eigenvalue weighted by atomic mass is 9.91. The molecule has 19 heavy (non-hydrogen) atoms. The number of hydrogen-bond donors (Lipinski definition) is 1. The Balaban J connectivity index is 2.28. The molecule has 1 aliphatic heterocycles. The second-order valence-corrected chi connectivity index (χ2v) is 5.91. The summed E-state index contributed by atoms with van der Waals surface area (Å²) in [4.78, 5) is 2.58. The zero-order valence-corrected chi connectivity index (χ0v) is 12.5. The van der Waals surface area contributed by atoms with Crippen molar-refractivity contribution in [2.75, 3.05) is 19.6 Å². The largest absolute Gasteiger partial charge is 0.330 e. The molecular weight excluding hydrogens is 236 g/mol. The van der Waals surface area contributed by atoms with Crippen molar-refractivity contribution in [2.24, 2.45) is 11.7 Å². The maximum absolute atomic E-state index is 6.03. The SMILES string of the molecule is CCN1CCCCC(CN)C1c1cnn(C(C)C)c1. The van der Waals surface area contributed by atoms with Gasteiger partial charge in [-0.05, 0) is 52.2 Å². The standard InChI is InChI=1S/C15H28N4/c1-4-18-8-6-5-7-13(9-16)15(18)14-10-17-19(11-14)12(2)3/h10-13,15H,4-9,16H2,1-3H3. The van der Waals surface area contributed by atoms with Crippen LogP contribution in [0, 0.1) is 5.92 Å². The number of nitrogens with two attached hydrogens (primary N) is 1. The lowest BCUT2D eigenvalue weighted by Crippen LogP contribution is -2.35. The van der Waals surface area contributed by atoms with Crippen LogP contribution in [0.5, 0.6) is 0 Å². The molecule has 2 atom stereocenters. The van der Waals surface area contributed by atoms with Crippen molar-refractivity contribution in [3.63, 3.8) is 0 Å². The normalized spacial score (nSPS) is 25.7. The van der Waals surface area contributed by atoms with E-state index in [2.05, 4.69) is 41.6 Å². The third-order valence-electron chi connectivity index (χ3n) is 4.31. The molecule has 2 heterocycles. The number of likely N-dealkylation sites (tertiary alicyclic amines) is 1. The second kappa shape index (κ2) is 6.53. The third kappa shape index (κ3) is 3.18. The van der Waals surface area contributed by atoms with E-state index in [0.717, 1.165) is 13.1 Å². The molecule has 108 valence electrons. The van der Waals surface area contributed by atoms with Crippen LogP contribution in [-0.4, -0.2) is 34.3 Å². The van der Waals surface area contributed by atoms with Crippen molar-refractivity contribution in [3.05, 3.63) is 18.0 Å². The lowest BCUT2D eigenvalue weighted by Gasteiger charge is -2.33. The fraction of sp³-hybridized carbons (Fsp3) is 0.800. The fourth-order valence-electron chi connectivity index (χ4n) is 3.19. The minimum atomic E-state index is 0.422. The molecule has 2 unspecified atom stereocenters. The van der Waals surface area contributed by atoms with Gasteiger partial charge in [0.1, 0.15) is 0 Å². The molecule has 0 bridgehead atoms. The minimum Gasteiger partial charge on any atom is -0.330 e. The minimum absolute atomic E-state index is 0.422. The van der Waals surface area contributed by atoms with E-state index < -0.39 is 0 Å². The predicted octanol–water partition coefficient (Wildman–Crippen LogP) is 2.59. The molecular formula is C15H28N4. The molecule has 4 nitrogen and oxygen atoms in total. The Labute approximate surface area is 117 Å². The average Bonchev–Trinajstić information content (AvgIpc) is 2.79. The Bertz CT molecular complexity index is 371. The lowest BCUT2D eigenvalue weighted by molar-refractivity contribution is 0.166. The Kier molecular flexibility index (Phi) is 4.99. The van der Waals surface area contributed by atoms with Gasteiger partial charge in [0, 0.05) is 23.8 Å². The molecule has 0 amide bonds. The molecule has 1 aromatic heterocycles. The molecule has 0 radical (unpaired) electrons. The summed E-state index contributed by atoms with van der Waals surface area (Å²) in [7, 11) is 0. The van der Waals surface area contributed by atoms with E-state index in [1.807, 2.05) is 6.20 Å². The molecule has 1 aliphatic rings. The van der Waals surface area contributed by atoms with Gasteiger partial charge in [0.2, 0.25) is 0 Å². The zero-order valence-electron chi connectivity index (χ0n) is 12.5.